The van der Waals surface area contributed by atoms with E-state index in [1.807, 2.05) is 27.7 Å². The summed E-state index contributed by atoms with van der Waals surface area (Å²) in [6.45, 7) is 6.13. The zero-order chi connectivity index (χ0) is 16.4. The molecule has 8 heteroatoms. The lowest BCUT2D eigenvalue weighted by Crippen LogP contribution is -2.45. The van der Waals surface area contributed by atoms with E-state index in [1.54, 1.807) is 0 Å². The zero-order valence-electron chi connectivity index (χ0n) is 12.8. The van der Waals surface area contributed by atoms with Gasteiger partial charge in [-0.25, -0.2) is 4.98 Å². The third-order valence-corrected chi connectivity index (χ3v) is 4.48. The van der Waals surface area contributed by atoms with Crippen LogP contribution >= 0.6 is 11.3 Å². The van der Waals surface area contributed by atoms with Gasteiger partial charge in [-0.05, 0) is 27.7 Å². The van der Waals surface area contributed by atoms with E-state index < -0.39 is 24.2 Å². The quantitative estimate of drug-likeness (QED) is 0.906. The van der Waals surface area contributed by atoms with Crippen LogP contribution in [0, 0.1) is 13.8 Å². The van der Waals surface area contributed by atoms with Crippen LogP contribution in [0.2, 0.25) is 0 Å². The highest BCUT2D eigenvalue weighted by molar-refractivity contribution is 7.11. The van der Waals surface area contributed by atoms with Crippen molar-refractivity contribution in [2.45, 2.75) is 39.4 Å². The van der Waals surface area contributed by atoms with Crippen molar-refractivity contribution in [2.24, 2.45) is 0 Å². The Kier molecular flexibility index (Phi) is 5.38. The molecule has 0 saturated carbocycles. The number of amides is 1. The molecule has 0 bridgehead atoms. The highest BCUT2D eigenvalue weighted by Gasteiger charge is 2.32. The number of thiazole rings is 1. The Labute approximate surface area is 126 Å². The molecule has 0 aliphatic carbocycles. The van der Waals surface area contributed by atoms with Gasteiger partial charge < -0.3 is 4.90 Å². The molecule has 4 nitrogen and oxygen atoms in total. The van der Waals surface area contributed by atoms with Gasteiger partial charge in [0.2, 0.25) is 5.91 Å². The summed E-state index contributed by atoms with van der Waals surface area (Å²) in [4.78, 5) is 17.9. The molecule has 0 radical (unpaired) electrons. The second-order valence-electron chi connectivity index (χ2n) is 5.50. The number of aryl methyl sites for hydroxylation is 2. The molecule has 0 aliphatic heterocycles. The first kappa shape index (κ1) is 17.9. The fourth-order valence-electron chi connectivity index (χ4n) is 1.60. The predicted octanol–water partition coefficient (Wildman–Crippen LogP) is 2.61. The number of carbonyl (C=O) groups excluding carboxylic acids is 1. The molecular weight excluding hydrogens is 303 g/mol. The summed E-state index contributed by atoms with van der Waals surface area (Å²) in [7, 11) is 1.14. The molecule has 1 amide bonds. The van der Waals surface area contributed by atoms with E-state index in [1.165, 1.54) is 11.3 Å². The molecule has 0 spiro atoms. The first-order chi connectivity index (χ1) is 9.42. The number of alkyl halides is 3. The Morgan fingerprint density at radius 3 is 2.33 bits per heavy atom. The van der Waals surface area contributed by atoms with Crippen molar-refractivity contribution in [3.8, 4) is 0 Å². The van der Waals surface area contributed by atoms with E-state index >= 15 is 0 Å². The van der Waals surface area contributed by atoms with E-state index in [4.69, 9.17) is 0 Å². The van der Waals surface area contributed by atoms with Gasteiger partial charge in [0, 0.05) is 11.9 Å². The molecule has 1 aromatic rings. The number of hydrogen-bond donors (Lipinski definition) is 1. The van der Waals surface area contributed by atoms with Crippen molar-refractivity contribution in [3.05, 3.63) is 15.6 Å². The fraction of sp³-hybridized carbons (Fsp3) is 0.692. The van der Waals surface area contributed by atoms with E-state index in [0.29, 0.717) is 4.90 Å². The highest BCUT2D eigenvalue weighted by Crippen LogP contribution is 2.27. The van der Waals surface area contributed by atoms with Gasteiger partial charge in [-0.15, -0.1) is 11.3 Å². The van der Waals surface area contributed by atoms with Gasteiger partial charge in [-0.3, -0.25) is 10.1 Å². The largest absolute Gasteiger partial charge is 0.406 e. The molecule has 1 aromatic heterocycles. The Hall–Kier alpha value is -1.15. The van der Waals surface area contributed by atoms with E-state index in [2.05, 4.69) is 10.3 Å². The smallest absolute Gasteiger partial charge is 0.336 e. The van der Waals surface area contributed by atoms with Gasteiger partial charge in [0.05, 0.1) is 17.8 Å². The Balaban J connectivity index is 2.63. The van der Waals surface area contributed by atoms with Crippen molar-refractivity contribution >= 4 is 17.2 Å². The first-order valence-corrected chi connectivity index (χ1v) is 7.24. The molecule has 0 atom stereocenters. The summed E-state index contributed by atoms with van der Waals surface area (Å²) in [5, 5.41) is 3.78. The van der Waals surface area contributed by atoms with E-state index in [9.17, 15) is 18.0 Å². The fourth-order valence-corrected chi connectivity index (χ4v) is 2.60. The molecule has 0 aromatic carbocycles. The monoisotopic (exact) mass is 323 g/mol. The minimum absolute atomic E-state index is 0.169. The van der Waals surface area contributed by atoms with Crippen LogP contribution in [-0.2, 0) is 10.3 Å². The number of nitrogens with zero attached hydrogens (tertiary/aromatic N) is 2. The van der Waals surface area contributed by atoms with Crippen molar-refractivity contribution in [1.82, 2.24) is 15.2 Å². The third-order valence-electron chi connectivity index (χ3n) is 3.09. The SMILES string of the molecule is Cc1nc(C(C)(C)NCC(=O)N(C)CC(F)(F)F)sc1C. The number of aromatic nitrogens is 1. The van der Waals surface area contributed by atoms with Crippen LogP contribution in [0.1, 0.15) is 29.4 Å². The summed E-state index contributed by atoms with van der Waals surface area (Å²) in [5.74, 6) is -0.606. The van der Waals surface area contributed by atoms with Crippen LogP contribution in [0.3, 0.4) is 0 Å². The van der Waals surface area contributed by atoms with Gasteiger partial charge >= 0.3 is 6.18 Å². The number of carbonyl (C=O) groups is 1. The summed E-state index contributed by atoms with van der Waals surface area (Å²) >= 11 is 1.51. The second kappa shape index (κ2) is 6.31. The van der Waals surface area contributed by atoms with Gasteiger partial charge in [-0.1, -0.05) is 0 Å². The molecule has 21 heavy (non-hydrogen) atoms. The Morgan fingerprint density at radius 1 is 1.33 bits per heavy atom. The summed E-state index contributed by atoms with van der Waals surface area (Å²) in [6.07, 6.45) is -4.39. The van der Waals surface area contributed by atoms with Crippen LogP contribution in [-0.4, -0.2) is 42.1 Å². The lowest BCUT2D eigenvalue weighted by Gasteiger charge is -2.26. The van der Waals surface area contributed by atoms with Crippen molar-refractivity contribution in [3.63, 3.8) is 0 Å². The zero-order valence-corrected chi connectivity index (χ0v) is 13.6. The van der Waals surface area contributed by atoms with E-state index in [-0.39, 0.29) is 6.54 Å². The lowest BCUT2D eigenvalue weighted by atomic mass is 10.1. The van der Waals surface area contributed by atoms with Gasteiger partial charge in [0.15, 0.2) is 0 Å². The number of nitrogens with one attached hydrogen (secondary N) is 1. The van der Waals surface area contributed by atoms with E-state index in [0.717, 1.165) is 22.6 Å². The minimum atomic E-state index is -4.39. The van der Waals surface area contributed by atoms with Crippen LogP contribution < -0.4 is 5.32 Å². The van der Waals surface area contributed by atoms with Crippen LogP contribution in [0.15, 0.2) is 0 Å². The maximum Gasteiger partial charge on any atom is 0.406 e. The second-order valence-corrected chi connectivity index (χ2v) is 6.71. The van der Waals surface area contributed by atoms with Gasteiger partial charge in [-0.2, -0.15) is 13.2 Å². The molecule has 0 fully saturated rings. The molecule has 0 aliphatic rings. The maximum atomic E-state index is 12.2. The lowest BCUT2D eigenvalue weighted by molar-refractivity contribution is -0.157. The number of likely N-dealkylation sites (N-methyl/N-ethyl adjacent to an activating group) is 1. The molecule has 1 rings (SSSR count). The number of halogens is 3. The first-order valence-electron chi connectivity index (χ1n) is 6.42. The number of rotatable bonds is 5. The Morgan fingerprint density at radius 2 is 1.90 bits per heavy atom. The third kappa shape index (κ3) is 5.28. The summed E-state index contributed by atoms with van der Waals surface area (Å²) in [5.41, 5.74) is 0.351. The Bertz CT molecular complexity index is 492. The highest BCUT2D eigenvalue weighted by atomic mass is 32.1. The molecule has 1 heterocycles. The summed E-state index contributed by atoms with van der Waals surface area (Å²) in [6, 6.07) is 0. The van der Waals surface area contributed by atoms with Gasteiger partial charge in [0.1, 0.15) is 11.6 Å². The normalized spacial score (nSPS) is 12.6. The molecular formula is C13H20F3N3OS. The minimum Gasteiger partial charge on any atom is -0.336 e. The average Bonchev–Trinajstić information content (AvgIpc) is 2.65. The topological polar surface area (TPSA) is 45.2 Å². The molecule has 1 N–H and O–H groups in total. The predicted molar refractivity (Wildman–Crippen MR) is 76.3 cm³/mol. The average molecular weight is 323 g/mol. The summed E-state index contributed by atoms with van der Waals surface area (Å²) < 4.78 is 36.7. The maximum absolute atomic E-state index is 12.2. The number of hydrogen-bond acceptors (Lipinski definition) is 4. The van der Waals surface area contributed by atoms with Crippen LogP contribution in [0.5, 0.6) is 0 Å². The molecule has 0 unspecified atom stereocenters. The van der Waals surface area contributed by atoms with Crippen molar-refractivity contribution in [2.75, 3.05) is 20.1 Å². The molecule has 0 saturated heterocycles. The van der Waals surface area contributed by atoms with Crippen LogP contribution in [0.4, 0.5) is 13.2 Å². The van der Waals surface area contributed by atoms with Crippen molar-refractivity contribution in [1.29, 1.82) is 0 Å². The molecule has 120 valence electrons. The van der Waals surface area contributed by atoms with Crippen LogP contribution in [0.25, 0.3) is 0 Å². The standard InChI is InChI=1S/C13H20F3N3OS/c1-8-9(2)21-11(18-8)12(3,4)17-6-10(20)19(5)7-13(14,15)16/h17H,6-7H2,1-5H3. The van der Waals surface area contributed by atoms with Crippen molar-refractivity contribution < 1.29 is 18.0 Å². The van der Waals surface area contributed by atoms with Gasteiger partial charge in [0.25, 0.3) is 0 Å².